The lowest BCUT2D eigenvalue weighted by Crippen LogP contribution is -1.95. The first-order valence-electron chi connectivity index (χ1n) is 6.47. The van der Waals surface area contributed by atoms with E-state index in [1.54, 1.807) is 7.11 Å². The van der Waals surface area contributed by atoms with Crippen LogP contribution in [0, 0.1) is 0 Å². The van der Waals surface area contributed by atoms with Crippen LogP contribution in [0.25, 0.3) is 0 Å². The average Bonchev–Trinajstić information content (AvgIpc) is 2.33. The van der Waals surface area contributed by atoms with Crippen molar-refractivity contribution in [2.24, 2.45) is 0 Å². The highest BCUT2D eigenvalue weighted by molar-refractivity contribution is 5.37. The Morgan fingerprint density at radius 1 is 1.00 bits per heavy atom. The highest BCUT2D eigenvalue weighted by Crippen LogP contribution is 2.22. The van der Waals surface area contributed by atoms with Gasteiger partial charge < -0.3 is 4.74 Å². The molecule has 0 fully saturated rings. The van der Waals surface area contributed by atoms with Gasteiger partial charge in [0.1, 0.15) is 5.75 Å². The van der Waals surface area contributed by atoms with E-state index in [9.17, 15) is 0 Å². The molecule has 1 aromatic carbocycles. The Kier molecular flexibility index (Phi) is 5.99. The van der Waals surface area contributed by atoms with Crippen molar-refractivity contribution in [1.82, 2.24) is 0 Å². The monoisotopic (exact) mass is 220 g/mol. The van der Waals surface area contributed by atoms with Gasteiger partial charge in [0.25, 0.3) is 0 Å². The van der Waals surface area contributed by atoms with Crippen molar-refractivity contribution in [3.63, 3.8) is 0 Å². The van der Waals surface area contributed by atoms with Gasteiger partial charge >= 0.3 is 0 Å². The number of hydrogen-bond donors (Lipinski definition) is 0. The molecule has 0 heterocycles. The topological polar surface area (TPSA) is 9.23 Å². The zero-order valence-electron chi connectivity index (χ0n) is 10.9. The molecular weight excluding hydrogens is 196 g/mol. The van der Waals surface area contributed by atoms with Crippen LogP contribution in [0.1, 0.15) is 50.7 Å². The molecule has 0 aromatic heterocycles. The molecular formula is C15H24O. The van der Waals surface area contributed by atoms with Crippen LogP contribution in [-0.2, 0) is 12.8 Å². The molecule has 0 unspecified atom stereocenters. The fourth-order valence-corrected chi connectivity index (χ4v) is 1.93. The lowest BCUT2D eigenvalue weighted by atomic mass is 10.0. The van der Waals surface area contributed by atoms with Gasteiger partial charge in [-0.3, -0.25) is 0 Å². The van der Waals surface area contributed by atoms with Crippen molar-refractivity contribution in [2.45, 2.75) is 52.4 Å². The van der Waals surface area contributed by atoms with Gasteiger partial charge in [0.2, 0.25) is 0 Å². The number of methoxy groups -OCH3 is 1. The molecule has 0 saturated heterocycles. The Hall–Kier alpha value is -0.980. The number of aryl methyl sites for hydroxylation is 2. The Morgan fingerprint density at radius 3 is 2.31 bits per heavy atom. The van der Waals surface area contributed by atoms with Gasteiger partial charge in [0, 0.05) is 0 Å². The molecule has 0 amide bonds. The summed E-state index contributed by atoms with van der Waals surface area (Å²) in [6.07, 6.45) is 7.35. The maximum Gasteiger partial charge on any atom is 0.122 e. The second-order valence-electron chi connectivity index (χ2n) is 4.35. The molecule has 1 rings (SSSR count). The Labute approximate surface area is 99.8 Å². The van der Waals surface area contributed by atoms with Crippen LogP contribution in [0.15, 0.2) is 18.2 Å². The van der Waals surface area contributed by atoms with Gasteiger partial charge in [-0.1, -0.05) is 38.8 Å². The first kappa shape index (κ1) is 13.1. The summed E-state index contributed by atoms with van der Waals surface area (Å²) in [4.78, 5) is 0. The summed E-state index contributed by atoms with van der Waals surface area (Å²) in [7, 11) is 1.76. The van der Waals surface area contributed by atoms with Gasteiger partial charge in [-0.15, -0.1) is 0 Å². The highest BCUT2D eigenvalue weighted by atomic mass is 16.5. The van der Waals surface area contributed by atoms with Crippen LogP contribution in [0.3, 0.4) is 0 Å². The van der Waals surface area contributed by atoms with E-state index < -0.39 is 0 Å². The largest absolute Gasteiger partial charge is 0.496 e. The number of hydrogen-bond acceptors (Lipinski definition) is 1. The fourth-order valence-electron chi connectivity index (χ4n) is 1.93. The maximum atomic E-state index is 5.40. The summed E-state index contributed by atoms with van der Waals surface area (Å²) in [6, 6.07) is 6.64. The summed E-state index contributed by atoms with van der Waals surface area (Å²) < 4.78 is 5.40. The fraction of sp³-hybridized carbons (Fsp3) is 0.600. The predicted octanol–water partition coefficient (Wildman–Crippen LogP) is 4.38. The minimum atomic E-state index is 1.05. The third-order valence-electron chi connectivity index (χ3n) is 2.96. The third kappa shape index (κ3) is 3.88. The first-order chi connectivity index (χ1) is 7.81. The Balaban J connectivity index is 2.74. The molecule has 0 N–H and O–H groups in total. The molecule has 1 heteroatoms. The zero-order chi connectivity index (χ0) is 11.8. The summed E-state index contributed by atoms with van der Waals surface area (Å²) in [5.74, 6) is 1.05. The average molecular weight is 220 g/mol. The summed E-state index contributed by atoms with van der Waals surface area (Å²) >= 11 is 0. The van der Waals surface area contributed by atoms with Crippen molar-refractivity contribution >= 4 is 0 Å². The van der Waals surface area contributed by atoms with Crippen molar-refractivity contribution < 1.29 is 4.74 Å². The van der Waals surface area contributed by atoms with Crippen LogP contribution in [0.5, 0.6) is 5.75 Å². The van der Waals surface area contributed by atoms with Crippen LogP contribution in [0.4, 0.5) is 0 Å². The second-order valence-corrected chi connectivity index (χ2v) is 4.35. The minimum Gasteiger partial charge on any atom is -0.496 e. The molecule has 0 saturated carbocycles. The predicted molar refractivity (Wildman–Crippen MR) is 70.2 cm³/mol. The molecule has 1 nitrogen and oxygen atoms in total. The van der Waals surface area contributed by atoms with E-state index in [1.807, 2.05) is 0 Å². The van der Waals surface area contributed by atoms with Crippen molar-refractivity contribution in [1.29, 1.82) is 0 Å². The van der Waals surface area contributed by atoms with Crippen LogP contribution in [0.2, 0.25) is 0 Å². The Morgan fingerprint density at radius 2 is 1.69 bits per heavy atom. The number of unbranched alkanes of at least 4 members (excludes halogenated alkanes) is 2. The standard InChI is InChI=1S/C15H24O/c1-4-6-8-13-10-11-15(16-3)14(12-13)9-7-5-2/h10-12H,4-9H2,1-3H3. The van der Waals surface area contributed by atoms with E-state index in [0.717, 1.165) is 12.2 Å². The minimum absolute atomic E-state index is 1.05. The van der Waals surface area contributed by atoms with Gasteiger partial charge in [-0.25, -0.2) is 0 Å². The first-order valence-corrected chi connectivity index (χ1v) is 6.47. The maximum absolute atomic E-state index is 5.40. The van der Waals surface area contributed by atoms with Crippen molar-refractivity contribution in [3.05, 3.63) is 29.3 Å². The molecule has 1 aromatic rings. The SMILES string of the molecule is CCCCc1ccc(OC)c(CCCC)c1. The van der Waals surface area contributed by atoms with Gasteiger partial charge in [-0.2, -0.15) is 0 Å². The second kappa shape index (κ2) is 7.32. The number of rotatable bonds is 7. The smallest absolute Gasteiger partial charge is 0.122 e. The van der Waals surface area contributed by atoms with Gasteiger partial charge in [0.05, 0.1) is 7.11 Å². The van der Waals surface area contributed by atoms with E-state index in [2.05, 4.69) is 32.0 Å². The molecule has 0 spiro atoms. The van der Waals surface area contributed by atoms with Crippen LogP contribution < -0.4 is 4.74 Å². The summed E-state index contributed by atoms with van der Waals surface area (Å²) in [5.41, 5.74) is 2.83. The van der Waals surface area contributed by atoms with E-state index in [0.29, 0.717) is 0 Å². The summed E-state index contributed by atoms with van der Waals surface area (Å²) in [5, 5.41) is 0. The van der Waals surface area contributed by atoms with E-state index in [4.69, 9.17) is 4.74 Å². The molecule has 0 aliphatic heterocycles. The van der Waals surface area contributed by atoms with Gasteiger partial charge in [-0.05, 0) is 42.9 Å². The van der Waals surface area contributed by atoms with Crippen LogP contribution >= 0.6 is 0 Å². The Bertz CT molecular complexity index is 304. The molecule has 0 radical (unpaired) electrons. The molecule has 0 aliphatic carbocycles. The number of benzene rings is 1. The molecule has 0 aliphatic rings. The lowest BCUT2D eigenvalue weighted by molar-refractivity contribution is 0.409. The molecule has 0 bridgehead atoms. The van der Waals surface area contributed by atoms with Crippen LogP contribution in [-0.4, -0.2) is 7.11 Å². The normalized spacial score (nSPS) is 10.4. The van der Waals surface area contributed by atoms with Crippen molar-refractivity contribution in [2.75, 3.05) is 7.11 Å². The van der Waals surface area contributed by atoms with E-state index in [-0.39, 0.29) is 0 Å². The van der Waals surface area contributed by atoms with E-state index >= 15 is 0 Å². The van der Waals surface area contributed by atoms with Crippen molar-refractivity contribution in [3.8, 4) is 5.75 Å². The lowest BCUT2D eigenvalue weighted by Gasteiger charge is -2.10. The highest BCUT2D eigenvalue weighted by Gasteiger charge is 2.03. The third-order valence-corrected chi connectivity index (χ3v) is 2.96. The van der Waals surface area contributed by atoms with E-state index in [1.165, 1.54) is 43.2 Å². The zero-order valence-corrected chi connectivity index (χ0v) is 10.9. The molecule has 90 valence electrons. The quantitative estimate of drug-likeness (QED) is 0.662. The molecule has 0 atom stereocenters. The number of ether oxygens (including phenoxy) is 1. The summed E-state index contributed by atoms with van der Waals surface area (Å²) in [6.45, 7) is 4.47. The molecule has 16 heavy (non-hydrogen) atoms. The van der Waals surface area contributed by atoms with Gasteiger partial charge in [0.15, 0.2) is 0 Å².